The molecule has 1 aliphatic heterocycles. The lowest BCUT2D eigenvalue weighted by molar-refractivity contribution is 0.102. The van der Waals surface area contributed by atoms with Crippen molar-refractivity contribution >= 4 is 38.9 Å². The molecular formula is C17H17ClN2O3S. The van der Waals surface area contributed by atoms with Crippen LogP contribution in [0, 0.1) is 0 Å². The summed E-state index contributed by atoms with van der Waals surface area (Å²) in [6, 6.07) is 13.8. The molecule has 1 heterocycles. The van der Waals surface area contributed by atoms with Gasteiger partial charge in [0, 0.05) is 12.2 Å². The first-order valence-electron chi connectivity index (χ1n) is 7.64. The number of nitrogens with one attached hydrogen (secondary N) is 1. The van der Waals surface area contributed by atoms with E-state index >= 15 is 0 Å². The largest absolute Gasteiger partial charge is 0.322 e. The molecule has 2 aromatic rings. The molecule has 1 amide bonds. The van der Waals surface area contributed by atoms with Crippen LogP contribution in [0.1, 0.15) is 23.2 Å². The second-order valence-electron chi connectivity index (χ2n) is 5.58. The van der Waals surface area contributed by atoms with Crippen LogP contribution < -0.4 is 9.62 Å². The van der Waals surface area contributed by atoms with Gasteiger partial charge in [-0.3, -0.25) is 9.10 Å². The molecule has 5 nitrogen and oxygen atoms in total. The first kappa shape index (κ1) is 16.8. The van der Waals surface area contributed by atoms with E-state index in [1.807, 2.05) is 18.2 Å². The lowest BCUT2D eigenvalue weighted by atomic mass is 10.1. The van der Waals surface area contributed by atoms with Crippen LogP contribution in [-0.4, -0.2) is 26.6 Å². The molecule has 24 heavy (non-hydrogen) atoms. The predicted octanol–water partition coefficient (Wildman–Crippen LogP) is 3.52. The van der Waals surface area contributed by atoms with E-state index in [1.54, 1.807) is 24.3 Å². The molecule has 1 fully saturated rings. The average molecular weight is 365 g/mol. The zero-order chi connectivity index (χ0) is 17.2. The van der Waals surface area contributed by atoms with Crippen molar-refractivity contribution in [1.82, 2.24) is 0 Å². The zero-order valence-corrected chi connectivity index (χ0v) is 14.5. The fourth-order valence-corrected chi connectivity index (χ4v) is 4.53. The molecule has 0 aromatic heterocycles. The standard InChI is InChI=1S/C17H17ClN2O3S/c18-16-12-14(20-10-4-5-11-24(20,22)23)8-9-15(16)17(21)19-13-6-2-1-3-7-13/h1-3,6-9,12H,4-5,10-11H2,(H,19,21). The Kier molecular flexibility index (Phi) is 4.78. The van der Waals surface area contributed by atoms with Gasteiger partial charge in [-0.05, 0) is 43.2 Å². The molecule has 1 saturated heterocycles. The van der Waals surface area contributed by atoms with Crippen molar-refractivity contribution in [3.63, 3.8) is 0 Å². The number of carbonyl (C=O) groups excluding carboxylic acids is 1. The molecule has 0 unspecified atom stereocenters. The summed E-state index contributed by atoms with van der Waals surface area (Å²) in [5, 5.41) is 2.98. The third kappa shape index (κ3) is 3.55. The van der Waals surface area contributed by atoms with E-state index in [9.17, 15) is 13.2 Å². The van der Waals surface area contributed by atoms with Crippen molar-refractivity contribution in [1.29, 1.82) is 0 Å². The highest BCUT2D eigenvalue weighted by molar-refractivity contribution is 7.92. The maximum Gasteiger partial charge on any atom is 0.257 e. The molecule has 2 aromatic carbocycles. The van der Waals surface area contributed by atoms with E-state index < -0.39 is 10.0 Å². The van der Waals surface area contributed by atoms with Gasteiger partial charge < -0.3 is 5.32 Å². The van der Waals surface area contributed by atoms with Crippen molar-refractivity contribution in [3.8, 4) is 0 Å². The van der Waals surface area contributed by atoms with E-state index in [0.717, 1.165) is 6.42 Å². The number of halogens is 1. The summed E-state index contributed by atoms with van der Waals surface area (Å²) in [6.07, 6.45) is 1.48. The van der Waals surface area contributed by atoms with Crippen LogP contribution in [0.3, 0.4) is 0 Å². The van der Waals surface area contributed by atoms with Crippen LogP contribution in [0.5, 0.6) is 0 Å². The van der Waals surface area contributed by atoms with Gasteiger partial charge in [0.05, 0.1) is 22.0 Å². The monoisotopic (exact) mass is 364 g/mol. The Balaban J connectivity index is 1.83. The number of carbonyl (C=O) groups is 1. The number of sulfonamides is 1. The van der Waals surface area contributed by atoms with E-state index in [-0.39, 0.29) is 16.7 Å². The Morgan fingerprint density at radius 1 is 1.08 bits per heavy atom. The average Bonchev–Trinajstić information content (AvgIpc) is 2.55. The first-order chi connectivity index (χ1) is 11.5. The van der Waals surface area contributed by atoms with Crippen LogP contribution in [0.4, 0.5) is 11.4 Å². The number of nitrogens with zero attached hydrogens (tertiary/aromatic N) is 1. The minimum atomic E-state index is -3.30. The zero-order valence-electron chi connectivity index (χ0n) is 12.9. The van der Waals surface area contributed by atoms with Crippen LogP contribution in [0.15, 0.2) is 48.5 Å². The molecule has 3 rings (SSSR count). The summed E-state index contributed by atoms with van der Waals surface area (Å²) in [5.74, 6) is -0.194. The normalized spacial score (nSPS) is 16.6. The fourth-order valence-electron chi connectivity index (χ4n) is 2.64. The van der Waals surface area contributed by atoms with Gasteiger partial charge >= 0.3 is 0 Å². The molecule has 0 atom stereocenters. The second kappa shape index (κ2) is 6.83. The van der Waals surface area contributed by atoms with E-state index in [2.05, 4.69) is 5.32 Å². The predicted molar refractivity (Wildman–Crippen MR) is 96.2 cm³/mol. The van der Waals surface area contributed by atoms with Crippen LogP contribution in [0.2, 0.25) is 5.02 Å². The lowest BCUT2D eigenvalue weighted by Crippen LogP contribution is -2.37. The molecule has 1 aliphatic rings. The molecule has 0 bridgehead atoms. The molecule has 0 saturated carbocycles. The third-order valence-electron chi connectivity index (χ3n) is 3.87. The topological polar surface area (TPSA) is 66.5 Å². The van der Waals surface area contributed by atoms with Crippen molar-refractivity contribution in [2.75, 3.05) is 21.9 Å². The summed E-state index contributed by atoms with van der Waals surface area (Å²) >= 11 is 6.22. The van der Waals surface area contributed by atoms with Gasteiger partial charge in [0.1, 0.15) is 0 Å². The summed E-state index contributed by atoms with van der Waals surface area (Å²) in [6.45, 7) is 0.439. The van der Waals surface area contributed by atoms with E-state index in [1.165, 1.54) is 10.4 Å². The molecule has 0 spiro atoms. The summed E-state index contributed by atoms with van der Waals surface area (Å²) in [5.41, 5.74) is 1.47. The lowest BCUT2D eigenvalue weighted by Gasteiger charge is -2.28. The minimum absolute atomic E-state index is 0.140. The maximum atomic E-state index is 12.3. The molecule has 0 radical (unpaired) electrons. The minimum Gasteiger partial charge on any atom is -0.322 e. The molecule has 126 valence electrons. The Morgan fingerprint density at radius 2 is 1.83 bits per heavy atom. The van der Waals surface area contributed by atoms with Gasteiger partial charge in [0.2, 0.25) is 10.0 Å². The van der Waals surface area contributed by atoms with E-state index in [0.29, 0.717) is 29.9 Å². The quantitative estimate of drug-likeness (QED) is 0.906. The summed E-state index contributed by atoms with van der Waals surface area (Å²) in [4.78, 5) is 12.3. The maximum absolute atomic E-state index is 12.3. The van der Waals surface area contributed by atoms with Gasteiger partial charge in [0.25, 0.3) is 5.91 Å². The summed E-state index contributed by atoms with van der Waals surface area (Å²) < 4.78 is 25.7. The molecule has 0 aliphatic carbocycles. The van der Waals surface area contributed by atoms with Crippen LogP contribution in [0.25, 0.3) is 0 Å². The molecule has 7 heteroatoms. The SMILES string of the molecule is O=C(Nc1ccccc1)c1ccc(N2CCCCS2(=O)=O)cc1Cl. The van der Waals surface area contributed by atoms with Gasteiger partial charge in [0.15, 0.2) is 0 Å². The Bertz CT molecular complexity index is 853. The Hall–Kier alpha value is -2.05. The number of anilines is 2. The molecular weight excluding hydrogens is 348 g/mol. The van der Waals surface area contributed by atoms with Crippen molar-refractivity contribution < 1.29 is 13.2 Å². The highest BCUT2D eigenvalue weighted by atomic mass is 35.5. The van der Waals surface area contributed by atoms with Crippen molar-refractivity contribution in [2.24, 2.45) is 0 Å². The second-order valence-corrected chi connectivity index (χ2v) is 8.00. The summed E-state index contributed by atoms with van der Waals surface area (Å²) in [7, 11) is -3.30. The number of hydrogen-bond acceptors (Lipinski definition) is 3. The number of hydrogen-bond donors (Lipinski definition) is 1. The highest BCUT2D eigenvalue weighted by Gasteiger charge is 2.26. The Labute approximate surface area is 146 Å². The number of amides is 1. The highest BCUT2D eigenvalue weighted by Crippen LogP contribution is 2.28. The number of para-hydroxylation sites is 1. The number of benzene rings is 2. The first-order valence-corrected chi connectivity index (χ1v) is 9.62. The third-order valence-corrected chi connectivity index (χ3v) is 6.05. The van der Waals surface area contributed by atoms with Gasteiger partial charge in [-0.1, -0.05) is 29.8 Å². The van der Waals surface area contributed by atoms with E-state index in [4.69, 9.17) is 11.6 Å². The smallest absolute Gasteiger partial charge is 0.257 e. The van der Waals surface area contributed by atoms with Crippen molar-refractivity contribution in [3.05, 3.63) is 59.1 Å². The van der Waals surface area contributed by atoms with Gasteiger partial charge in [-0.15, -0.1) is 0 Å². The van der Waals surface area contributed by atoms with Crippen molar-refractivity contribution in [2.45, 2.75) is 12.8 Å². The van der Waals surface area contributed by atoms with Crippen LogP contribution in [-0.2, 0) is 10.0 Å². The number of rotatable bonds is 3. The van der Waals surface area contributed by atoms with Crippen LogP contribution >= 0.6 is 11.6 Å². The Morgan fingerprint density at radius 3 is 2.50 bits per heavy atom. The molecule has 1 N–H and O–H groups in total. The van der Waals surface area contributed by atoms with Gasteiger partial charge in [-0.2, -0.15) is 0 Å². The fraction of sp³-hybridized carbons (Fsp3) is 0.235. The van der Waals surface area contributed by atoms with Gasteiger partial charge in [-0.25, -0.2) is 8.42 Å².